The van der Waals surface area contributed by atoms with Gasteiger partial charge in [-0.25, -0.2) is 0 Å². The first kappa shape index (κ1) is 20.3. The van der Waals surface area contributed by atoms with E-state index >= 15 is 0 Å². The molecular formula is C17H33ClOS. The molecule has 0 aliphatic heterocycles. The standard InChI is InChI=1S/C17H33ClOS/c1-3-4-5-6-7-8-9-10-11-12-13-17(2,14-15-18)16(19)20/h3-15H2,1-2H3,(H,19,20). The van der Waals surface area contributed by atoms with Crippen LogP contribution in [0.1, 0.15) is 90.9 Å². The average Bonchev–Trinajstić information content (AvgIpc) is 2.41. The zero-order valence-corrected chi connectivity index (χ0v) is 15.1. The van der Waals surface area contributed by atoms with E-state index in [2.05, 4.69) is 19.6 Å². The van der Waals surface area contributed by atoms with Gasteiger partial charge >= 0.3 is 0 Å². The van der Waals surface area contributed by atoms with Gasteiger partial charge in [0.2, 0.25) is 0 Å². The van der Waals surface area contributed by atoms with Gasteiger partial charge in [0.25, 0.3) is 0 Å². The van der Waals surface area contributed by atoms with Gasteiger partial charge in [-0.15, -0.1) is 24.2 Å². The smallest absolute Gasteiger partial charge is 0.191 e. The van der Waals surface area contributed by atoms with E-state index in [0.29, 0.717) is 5.88 Å². The highest BCUT2D eigenvalue weighted by molar-refractivity contribution is 7.96. The highest BCUT2D eigenvalue weighted by Crippen LogP contribution is 2.31. The molecule has 0 aliphatic rings. The van der Waals surface area contributed by atoms with Crippen molar-refractivity contribution in [3.63, 3.8) is 0 Å². The van der Waals surface area contributed by atoms with E-state index in [0.717, 1.165) is 19.3 Å². The van der Waals surface area contributed by atoms with Crippen LogP contribution in [0.25, 0.3) is 0 Å². The quantitative estimate of drug-likeness (QED) is 0.223. The third-order valence-corrected chi connectivity index (χ3v) is 4.97. The summed E-state index contributed by atoms with van der Waals surface area (Å²) in [5.74, 6) is 0.542. The average molecular weight is 321 g/mol. The summed E-state index contributed by atoms with van der Waals surface area (Å²) in [6.07, 6.45) is 14.9. The molecule has 0 aromatic heterocycles. The molecule has 20 heavy (non-hydrogen) atoms. The van der Waals surface area contributed by atoms with Gasteiger partial charge in [0.1, 0.15) is 0 Å². The number of unbranched alkanes of at least 4 members (excludes halogenated alkanes) is 9. The number of halogens is 1. The minimum Gasteiger partial charge on any atom is -0.287 e. The SMILES string of the molecule is CCCCCCCCCCCCC(C)(CCCl)C(=O)S. The van der Waals surface area contributed by atoms with Crippen molar-refractivity contribution in [1.29, 1.82) is 0 Å². The lowest BCUT2D eigenvalue weighted by atomic mass is 9.83. The summed E-state index contributed by atoms with van der Waals surface area (Å²) in [5, 5.41) is -0.00549. The molecule has 0 spiro atoms. The van der Waals surface area contributed by atoms with Gasteiger partial charge in [-0.3, -0.25) is 4.79 Å². The van der Waals surface area contributed by atoms with E-state index in [-0.39, 0.29) is 10.5 Å². The Kier molecular flexibility index (Phi) is 13.2. The highest BCUT2D eigenvalue weighted by atomic mass is 35.5. The summed E-state index contributed by atoms with van der Waals surface area (Å²) < 4.78 is 0. The molecule has 0 radical (unpaired) electrons. The number of alkyl halides is 1. The van der Waals surface area contributed by atoms with Gasteiger partial charge in [-0.2, -0.15) is 0 Å². The second-order valence-corrected chi connectivity index (χ2v) is 7.02. The number of thiol groups is 1. The Balaban J connectivity index is 3.48. The van der Waals surface area contributed by atoms with Crippen LogP contribution in [-0.2, 0) is 4.79 Å². The fourth-order valence-electron chi connectivity index (χ4n) is 2.55. The number of rotatable bonds is 14. The van der Waals surface area contributed by atoms with Gasteiger partial charge in [0.15, 0.2) is 5.12 Å². The Morgan fingerprint density at radius 2 is 1.35 bits per heavy atom. The van der Waals surface area contributed by atoms with Crippen molar-refractivity contribution < 1.29 is 4.79 Å². The number of carbonyl (C=O) groups excluding carboxylic acids is 1. The molecule has 1 unspecified atom stereocenters. The van der Waals surface area contributed by atoms with Crippen LogP contribution in [0.15, 0.2) is 0 Å². The fraction of sp³-hybridized carbons (Fsp3) is 0.941. The molecule has 3 heteroatoms. The van der Waals surface area contributed by atoms with Crippen LogP contribution in [0.2, 0.25) is 0 Å². The Bertz CT molecular complexity index is 245. The first-order chi connectivity index (χ1) is 9.56. The maximum atomic E-state index is 11.6. The summed E-state index contributed by atoms with van der Waals surface area (Å²) in [4.78, 5) is 11.6. The van der Waals surface area contributed by atoms with E-state index in [9.17, 15) is 4.79 Å². The largest absolute Gasteiger partial charge is 0.287 e. The van der Waals surface area contributed by atoms with Crippen LogP contribution >= 0.6 is 24.2 Å². The third-order valence-electron chi connectivity index (χ3n) is 4.24. The lowest BCUT2D eigenvalue weighted by Gasteiger charge is -2.24. The monoisotopic (exact) mass is 320 g/mol. The predicted octanol–water partition coefficient (Wildman–Crippen LogP) is 6.39. The van der Waals surface area contributed by atoms with Crippen LogP contribution in [0.4, 0.5) is 0 Å². The van der Waals surface area contributed by atoms with Gasteiger partial charge < -0.3 is 0 Å². The summed E-state index contributed by atoms with van der Waals surface area (Å²) in [7, 11) is 0. The van der Waals surface area contributed by atoms with Crippen molar-refractivity contribution in [2.24, 2.45) is 5.41 Å². The molecule has 0 saturated carbocycles. The van der Waals surface area contributed by atoms with Crippen molar-refractivity contribution >= 4 is 29.3 Å². The Labute approximate surface area is 136 Å². The molecule has 0 saturated heterocycles. The molecule has 0 heterocycles. The summed E-state index contributed by atoms with van der Waals surface area (Å²) in [5.41, 5.74) is -0.314. The van der Waals surface area contributed by atoms with Crippen LogP contribution in [-0.4, -0.2) is 11.0 Å². The zero-order valence-electron chi connectivity index (χ0n) is 13.4. The first-order valence-corrected chi connectivity index (χ1v) is 9.34. The molecule has 0 N–H and O–H groups in total. The maximum Gasteiger partial charge on any atom is 0.191 e. The third kappa shape index (κ3) is 10.1. The van der Waals surface area contributed by atoms with Crippen molar-refractivity contribution in [3.05, 3.63) is 0 Å². The van der Waals surface area contributed by atoms with Gasteiger partial charge in [-0.05, 0) is 12.8 Å². The zero-order chi connectivity index (χ0) is 15.3. The Morgan fingerprint density at radius 1 is 0.900 bits per heavy atom. The normalized spacial score (nSPS) is 14.2. The molecule has 1 nitrogen and oxygen atoms in total. The molecule has 0 rings (SSSR count). The minimum atomic E-state index is -0.314. The first-order valence-electron chi connectivity index (χ1n) is 8.36. The van der Waals surface area contributed by atoms with Gasteiger partial charge in [0.05, 0.1) is 0 Å². The number of hydrogen-bond acceptors (Lipinski definition) is 1. The number of hydrogen-bond donors (Lipinski definition) is 1. The summed E-state index contributed by atoms with van der Waals surface area (Å²) in [6, 6.07) is 0. The van der Waals surface area contributed by atoms with Crippen LogP contribution in [0, 0.1) is 5.41 Å². The van der Waals surface area contributed by atoms with Gasteiger partial charge in [-0.1, -0.05) is 78.1 Å². The molecule has 120 valence electrons. The molecule has 0 aromatic rings. The van der Waals surface area contributed by atoms with Crippen molar-refractivity contribution in [2.45, 2.75) is 90.9 Å². The van der Waals surface area contributed by atoms with Crippen LogP contribution in [0.3, 0.4) is 0 Å². The van der Waals surface area contributed by atoms with E-state index in [1.807, 2.05) is 6.92 Å². The lowest BCUT2D eigenvalue weighted by molar-refractivity contribution is -0.119. The molecule has 0 aromatic carbocycles. The Hall–Kier alpha value is 0.310. The highest BCUT2D eigenvalue weighted by Gasteiger charge is 2.29. The van der Waals surface area contributed by atoms with Gasteiger partial charge in [0, 0.05) is 11.3 Å². The second kappa shape index (κ2) is 13.0. The predicted molar refractivity (Wildman–Crippen MR) is 93.9 cm³/mol. The molecule has 0 amide bonds. The fourth-order valence-corrected chi connectivity index (χ4v) is 3.19. The van der Waals surface area contributed by atoms with Crippen LogP contribution in [0.5, 0.6) is 0 Å². The van der Waals surface area contributed by atoms with Crippen molar-refractivity contribution in [3.8, 4) is 0 Å². The van der Waals surface area contributed by atoms with Crippen molar-refractivity contribution in [2.75, 3.05) is 5.88 Å². The second-order valence-electron chi connectivity index (χ2n) is 6.24. The summed E-state index contributed by atoms with van der Waals surface area (Å²) in [6.45, 7) is 4.26. The molecule has 0 fully saturated rings. The number of carbonyl (C=O) groups is 1. The Morgan fingerprint density at radius 3 is 1.75 bits per heavy atom. The van der Waals surface area contributed by atoms with E-state index in [4.69, 9.17) is 11.6 Å². The molecular weight excluding hydrogens is 288 g/mol. The topological polar surface area (TPSA) is 17.1 Å². The molecule has 0 aliphatic carbocycles. The van der Waals surface area contributed by atoms with Crippen molar-refractivity contribution in [1.82, 2.24) is 0 Å². The maximum absolute atomic E-state index is 11.6. The molecule has 1 atom stereocenters. The van der Waals surface area contributed by atoms with E-state index in [1.54, 1.807) is 0 Å². The van der Waals surface area contributed by atoms with E-state index < -0.39 is 0 Å². The lowest BCUT2D eigenvalue weighted by Crippen LogP contribution is -2.24. The molecule has 0 bridgehead atoms. The minimum absolute atomic E-state index is 0.00549. The van der Waals surface area contributed by atoms with Crippen LogP contribution < -0.4 is 0 Å². The van der Waals surface area contributed by atoms with E-state index in [1.165, 1.54) is 57.8 Å². The summed E-state index contributed by atoms with van der Waals surface area (Å²) >= 11 is 9.79.